The largest absolute Gasteiger partial charge is 0.399 e. The molecule has 0 aliphatic heterocycles. The van der Waals surface area contributed by atoms with E-state index in [2.05, 4.69) is 165 Å². The van der Waals surface area contributed by atoms with Gasteiger partial charge in [-0.25, -0.2) is 0 Å². The monoisotopic (exact) mass is 817 g/mol. The normalized spacial score (nSPS) is 11.0. The molecule has 5 N–H and O–H groups in total. The highest BCUT2D eigenvalue weighted by molar-refractivity contribution is 7.26. The van der Waals surface area contributed by atoms with Crippen LogP contribution in [-0.4, -0.2) is 0 Å². The number of nitrogens with two attached hydrogens (primary N) is 2. The molecule has 4 heteroatoms. The summed E-state index contributed by atoms with van der Waals surface area (Å²) >= 11 is 1.85. The highest BCUT2D eigenvalue weighted by Crippen LogP contribution is 2.41. The van der Waals surface area contributed by atoms with E-state index in [1.54, 1.807) is 0 Å². The maximum atomic E-state index is 5.86. The zero-order valence-electron chi connectivity index (χ0n) is 36.5. The molecule has 0 aliphatic rings. The molecular formula is C57H59N3S. The summed E-state index contributed by atoms with van der Waals surface area (Å²) in [7, 11) is 0. The second-order valence-corrected chi connectivity index (χ2v) is 15.3. The van der Waals surface area contributed by atoms with Gasteiger partial charge in [0, 0.05) is 49.4 Å². The summed E-state index contributed by atoms with van der Waals surface area (Å²) in [5.74, 6) is 0. The highest BCUT2D eigenvalue weighted by atomic mass is 32.1. The molecule has 0 amide bonds. The average Bonchev–Trinajstić information content (AvgIpc) is 3.70. The molecule has 0 saturated heterocycles. The van der Waals surface area contributed by atoms with Gasteiger partial charge < -0.3 is 16.8 Å². The van der Waals surface area contributed by atoms with Crippen molar-refractivity contribution in [2.45, 2.75) is 48.1 Å². The van der Waals surface area contributed by atoms with Gasteiger partial charge >= 0.3 is 0 Å². The van der Waals surface area contributed by atoms with Crippen LogP contribution in [0.4, 0.5) is 11.4 Å². The highest BCUT2D eigenvalue weighted by Gasteiger charge is 2.13. The van der Waals surface area contributed by atoms with Crippen molar-refractivity contribution in [1.82, 2.24) is 0 Å². The molecule has 308 valence electrons. The van der Waals surface area contributed by atoms with Crippen molar-refractivity contribution in [2.75, 3.05) is 5.32 Å². The Morgan fingerprint density at radius 1 is 0.639 bits per heavy atom. The molecule has 7 aromatic carbocycles. The lowest BCUT2D eigenvalue weighted by molar-refractivity contribution is 1.07. The maximum absolute atomic E-state index is 5.86. The Hall–Kier alpha value is -6.72. The van der Waals surface area contributed by atoms with E-state index in [0.29, 0.717) is 6.54 Å². The van der Waals surface area contributed by atoms with E-state index in [0.717, 1.165) is 39.3 Å². The van der Waals surface area contributed by atoms with Gasteiger partial charge in [-0.1, -0.05) is 184 Å². The van der Waals surface area contributed by atoms with Gasteiger partial charge in [0.25, 0.3) is 0 Å². The Morgan fingerprint density at radius 3 is 1.93 bits per heavy atom. The minimum atomic E-state index is 0.513. The van der Waals surface area contributed by atoms with Gasteiger partial charge in [0.2, 0.25) is 0 Å². The number of anilines is 2. The van der Waals surface area contributed by atoms with E-state index < -0.39 is 0 Å². The first-order chi connectivity index (χ1) is 29.8. The summed E-state index contributed by atoms with van der Waals surface area (Å²) < 4.78 is 2.62. The number of thiophene rings is 1. The fourth-order valence-electron chi connectivity index (χ4n) is 6.68. The van der Waals surface area contributed by atoms with E-state index in [1.807, 2.05) is 93.7 Å². The van der Waals surface area contributed by atoms with Crippen LogP contribution < -0.4 is 16.8 Å². The predicted octanol–water partition coefficient (Wildman–Crippen LogP) is 16.1. The molecule has 1 heterocycles. The first-order valence-electron chi connectivity index (χ1n) is 21.0. The summed E-state index contributed by atoms with van der Waals surface area (Å²) in [6.07, 6.45) is 10.0. The SMILES string of the molecule is C/C=C(\N)c1ccc(-c2ccccc2)cc1.C=C(/C=C\C=C/C)c1cc(-c2cccc3c2sc2ccccc23)ccc1Nc1cccc(CN)c1.CC.Cc1ccccc1C. The maximum Gasteiger partial charge on any atom is 0.0464 e. The first kappa shape index (κ1) is 45.4. The third kappa shape index (κ3) is 12.2. The average molecular weight is 818 g/mol. The smallest absolute Gasteiger partial charge is 0.0464 e. The van der Waals surface area contributed by atoms with Crippen molar-refractivity contribution in [3.8, 4) is 22.3 Å². The minimum Gasteiger partial charge on any atom is -0.399 e. The van der Waals surface area contributed by atoms with Gasteiger partial charge in [-0.05, 0) is 108 Å². The Morgan fingerprint density at radius 2 is 1.26 bits per heavy atom. The summed E-state index contributed by atoms with van der Waals surface area (Å²) in [6.45, 7) is 17.1. The molecular weight excluding hydrogens is 759 g/mol. The summed E-state index contributed by atoms with van der Waals surface area (Å²) in [5.41, 5.74) is 26.3. The van der Waals surface area contributed by atoms with Crippen molar-refractivity contribution >= 4 is 54.2 Å². The van der Waals surface area contributed by atoms with Gasteiger partial charge in [-0.15, -0.1) is 11.3 Å². The number of aryl methyl sites for hydroxylation is 2. The van der Waals surface area contributed by atoms with Crippen LogP contribution in [0.3, 0.4) is 0 Å². The lowest BCUT2D eigenvalue weighted by Gasteiger charge is -2.15. The first-order valence-corrected chi connectivity index (χ1v) is 21.8. The quantitative estimate of drug-likeness (QED) is 0.127. The third-order valence-corrected chi connectivity index (χ3v) is 11.4. The molecule has 0 atom stereocenters. The molecule has 0 unspecified atom stereocenters. The number of rotatable bonds is 9. The molecule has 8 rings (SSSR count). The van der Waals surface area contributed by atoms with Crippen LogP contribution in [0.1, 0.15) is 55.5 Å². The lowest BCUT2D eigenvalue weighted by atomic mass is 9.96. The molecule has 3 nitrogen and oxygen atoms in total. The minimum absolute atomic E-state index is 0.513. The van der Waals surface area contributed by atoms with Crippen LogP contribution >= 0.6 is 11.3 Å². The number of nitrogens with one attached hydrogen (secondary N) is 1. The molecule has 61 heavy (non-hydrogen) atoms. The van der Waals surface area contributed by atoms with E-state index in [-0.39, 0.29) is 0 Å². The zero-order valence-corrected chi connectivity index (χ0v) is 37.3. The van der Waals surface area contributed by atoms with E-state index in [4.69, 9.17) is 11.5 Å². The van der Waals surface area contributed by atoms with E-state index in [1.165, 1.54) is 53.6 Å². The van der Waals surface area contributed by atoms with Crippen molar-refractivity contribution in [3.63, 3.8) is 0 Å². The van der Waals surface area contributed by atoms with Crippen LogP contribution in [-0.2, 0) is 6.54 Å². The molecule has 0 saturated carbocycles. The molecule has 0 fully saturated rings. The Kier molecular flexibility index (Phi) is 17.2. The third-order valence-electron chi connectivity index (χ3n) is 10.2. The summed E-state index contributed by atoms with van der Waals surface area (Å²) in [6, 6.07) is 57.0. The molecule has 0 aliphatic carbocycles. The standard InChI is InChI=1S/C32H28N2S.C15H15N.C8H10.C2H6/c1-3-4-5-10-22(2)29-20-24(17-18-30(29)34-25-12-8-11-23(19-25)21-33)26-14-9-15-28-27-13-6-7-16-31(27)35-32(26)28;1-2-15(16)14-10-8-13(9-11-14)12-6-4-3-5-7-12;1-7-5-3-4-6-8(7)2;1-2/h3-20,34H,2,21,33H2,1H3;2-11H,16H2,1H3;3-6H,1-2H3;1-2H3/b4-3-,10-5-;15-2-;;. The molecule has 1 aromatic heterocycles. The van der Waals surface area contributed by atoms with Crippen LogP contribution in [0.25, 0.3) is 53.7 Å². The number of fused-ring (bicyclic) bond motifs is 3. The topological polar surface area (TPSA) is 64.1 Å². The van der Waals surface area contributed by atoms with Gasteiger partial charge in [-0.2, -0.15) is 0 Å². The van der Waals surface area contributed by atoms with Crippen molar-refractivity contribution in [2.24, 2.45) is 11.5 Å². The molecule has 0 spiro atoms. The fraction of sp³-hybridized carbons (Fsp3) is 0.123. The van der Waals surface area contributed by atoms with Crippen LogP contribution in [0.15, 0.2) is 201 Å². The molecule has 0 bridgehead atoms. The predicted molar refractivity (Wildman–Crippen MR) is 272 cm³/mol. The summed E-state index contributed by atoms with van der Waals surface area (Å²) in [4.78, 5) is 0. The summed E-state index contributed by atoms with van der Waals surface area (Å²) in [5, 5.41) is 6.20. The number of benzene rings is 7. The Labute approximate surface area is 368 Å². The van der Waals surface area contributed by atoms with Crippen LogP contribution in [0.2, 0.25) is 0 Å². The number of hydrogen-bond donors (Lipinski definition) is 3. The van der Waals surface area contributed by atoms with Crippen molar-refractivity contribution in [3.05, 3.63) is 229 Å². The number of allylic oxidation sites excluding steroid dienone is 6. The lowest BCUT2D eigenvalue weighted by Crippen LogP contribution is -1.99. The van der Waals surface area contributed by atoms with E-state index >= 15 is 0 Å². The van der Waals surface area contributed by atoms with Gasteiger partial charge in [-0.3, -0.25) is 0 Å². The van der Waals surface area contributed by atoms with Crippen molar-refractivity contribution in [1.29, 1.82) is 0 Å². The second-order valence-electron chi connectivity index (χ2n) is 14.3. The van der Waals surface area contributed by atoms with Crippen LogP contribution in [0, 0.1) is 13.8 Å². The second kappa shape index (κ2) is 23.2. The van der Waals surface area contributed by atoms with Crippen molar-refractivity contribution < 1.29 is 0 Å². The fourth-order valence-corrected chi connectivity index (χ4v) is 7.92. The van der Waals surface area contributed by atoms with Crippen LogP contribution in [0.5, 0.6) is 0 Å². The van der Waals surface area contributed by atoms with Gasteiger partial charge in [0.15, 0.2) is 0 Å². The number of hydrogen-bond acceptors (Lipinski definition) is 4. The Bertz CT molecular complexity index is 2710. The van der Waals surface area contributed by atoms with E-state index in [9.17, 15) is 0 Å². The zero-order chi connectivity index (χ0) is 43.6. The molecule has 0 radical (unpaired) electrons. The van der Waals surface area contributed by atoms with Gasteiger partial charge in [0.05, 0.1) is 0 Å². The molecule has 8 aromatic rings. The van der Waals surface area contributed by atoms with Gasteiger partial charge in [0.1, 0.15) is 0 Å². The Balaban J connectivity index is 0.000000222.